The van der Waals surface area contributed by atoms with Gasteiger partial charge in [-0.1, -0.05) is 0 Å². The number of aryl methyl sites for hydroxylation is 1. The molecule has 1 aliphatic rings. The van der Waals surface area contributed by atoms with Crippen molar-refractivity contribution in [2.45, 2.75) is 18.0 Å². The summed E-state index contributed by atoms with van der Waals surface area (Å²) in [6.45, 7) is 1.96. The van der Waals surface area contributed by atoms with Gasteiger partial charge in [-0.25, -0.2) is 0 Å². The fourth-order valence-electron chi connectivity index (χ4n) is 1.65. The minimum atomic E-state index is 0.0573. The van der Waals surface area contributed by atoms with Crippen LogP contribution >= 0.6 is 11.8 Å². The number of ether oxygens (including phenoxy) is 1. The van der Waals surface area contributed by atoms with Crippen molar-refractivity contribution < 1.29 is 4.74 Å². The molecule has 1 heterocycles. The molecule has 4 N–H and O–H groups in total. The van der Waals surface area contributed by atoms with Gasteiger partial charge in [-0.2, -0.15) is 0 Å². The fourth-order valence-corrected chi connectivity index (χ4v) is 2.94. The second kappa shape index (κ2) is 4.07. The van der Waals surface area contributed by atoms with E-state index in [-0.39, 0.29) is 6.23 Å². The van der Waals surface area contributed by atoms with Gasteiger partial charge in [0.25, 0.3) is 0 Å². The molecule has 0 saturated carbocycles. The molecular weight excluding hydrogens is 222 g/mol. The molecule has 0 saturated heterocycles. The molecular formula is C11H17N3OS. The van der Waals surface area contributed by atoms with Crippen LogP contribution in [0.3, 0.4) is 0 Å². The number of thioether (sulfide) groups is 1. The lowest BCUT2D eigenvalue weighted by Crippen LogP contribution is -2.37. The summed E-state index contributed by atoms with van der Waals surface area (Å²) in [5.74, 6) is 1.60. The summed E-state index contributed by atoms with van der Waals surface area (Å²) in [4.78, 5) is 3.02. The largest absolute Gasteiger partial charge is 0.471 e. The van der Waals surface area contributed by atoms with Crippen LogP contribution in [0, 0.1) is 6.92 Å². The van der Waals surface area contributed by atoms with Gasteiger partial charge in [0, 0.05) is 5.75 Å². The van der Waals surface area contributed by atoms with Crippen LogP contribution in [0.2, 0.25) is 0 Å². The van der Waals surface area contributed by atoms with Gasteiger partial charge in [-0.05, 0) is 32.6 Å². The predicted molar refractivity (Wildman–Crippen MR) is 68.8 cm³/mol. The van der Waals surface area contributed by atoms with E-state index in [9.17, 15) is 0 Å². The molecule has 0 fully saturated rings. The summed E-state index contributed by atoms with van der Waals surface area (Å²) in [6, 6.07) is 1.87. The molecule has 88 valence electrons. The van der Waals surface area contributed by atoms with Crippen LogP contribution in [0.5, 0.6) is 5.75 Å². The maximum absolute atomic E-state index is 6.02. The maximum Gasteiger partial charge on any atom is 0.161 e. The van der Waals surface area contributed by atoms with E-state index in [1.54, 1.807) is 11.8 Å². The highest BCUT2D eigenvalue weighted by atomic mass is 32.2. The van der Waals surface area contributed by atoms with Crippen LogP contribution in [0.15, 0.2) is 11.0 Å². The Morgan fingerprint density at radius 1 is 1.44 bits per heavy atom. The van der Waals surface area contributed by atoms with Crippen molar-refractivity contribution in [3.63, 3.8) is 0 Å². The summed E-state index contributed by atoms with van der Waals surface area (Å²) in [6.07, 6.45) is 0.0573. The molecule has 1 aliphatic heterocycles. The van der Waals surface area contributed by atoms with Gasteiger partial charge in [0.05, 0.1) is 16.3 Å². The summed E-state index contributed by atoms with van der Waals surface area (Å²) in [5.41, 5.74) is 14.4. The number of fused-ring (bicyclic) bond motifs is 1. The first-order valence-corrected chi connectivity index (χ1v) is 6.13. The van der Waals surface area contributed by atoms with Crippen molar-refractivity contribution in [2.75, 3.05) is 31.3 Å². The molecule has 16 heavy (non-hydrogen) atoms. The molecule has 0 radical (unpaired) electrons. The highest BCUT2D eigenvalue weighted by molar-refractivity contribution is 7.99. The number of hydrogen-bond donors (Lipinski definition) is 2. The Bertz CT molecular complexity index is 420. The van der Waals surface area contributed by atoms with Crippen molar-refractivity contribution >= 4 is 23.1 Å². The quantitative estimate of drug-likeness (QED) is 0.728. The number of rotatable bonds is 1. The normalized spacial score (nSPS) is 19.4. The third-order valence-corrected chi connectivity index (χ3v) is 3.86. The van der Waals surface area contributed by atoms with Crippen LogP contribution < -0.4 is 16.2 Å². The molecule has 0 aromatic heterocycles. The molecule has 1 unspecified atom stereocenters. The monoisotopic (exact) mass is 239 g/mol. The number of benzene rings is 1. The highest BCUT2D eigenvalue weighted by Crippen LogP contribution is 2.45. The first kappa shape index (κ1) is 11.4. The topological polar surface area (TPSA) is 64.5 Å². The molecule has 0 amide bonds. The van der Waals surface area contributed by atoms with E-state index in [2.05, 4.69) is 0 Å². The van der Waals surface area contributed by atoms with Crippen molar-refractivity contribution in [1.29, 1.82) is 0 Å². The Labute approximate surface area is 99.9 Å². The van der Waals surface area contributed by atoms with Gasteiger partial charge in [0.2, 0.25) is 0 Å². The van der Waals surface area contributed by atoms with E-state index >= 15 is 0 Å². The zero-order valence-electron chi connectivity index (χ0n) is 9.78. The lowest BCUT2D eigenvalue weighted by molar-refractivity contribution is 0.0804. The van der Waals surface area contributed by atoms with Crippen molar-refractivity contribution in [3.05, 3.63) is 11.6 Å². The first-order valence-electron chi connectivity index (χ1n) is 5.15. The molecule has 1 aromatic carbocycles. The SMILES string of the molecule is Cc1cc(N)c2c(c1N)SCC(N(C)C)O2. The van der Waals surface area contributed by atoms with Gasteiger partial charge < -0.3 is 16.2 Å². The second-order valence-corrected chi connectivity index (χ2v) is 5.23. The molecule has 5 heteroatoms. The zero-order chi connectivity index (χ0) is 11.9. The molecule has 0 aliphatic carbocycles. The minimum absolute atomic E-state index is 0.0573. The average molecular weight is 239 g/mol. The summed E-state index contributed by atoms with van der Waals surface area (Å²) in [5, 5.41) is 0. The van der Waals surface area contributed by atoms with E-state index in [1.165, 1.54) is 0 Å². The van der Waals surface area contributed by atoms with Crippen molar-refractivity contribution in [1.82, 2.24) is 4.90 Å². The third-order valence-electron chi connectivity index (χ3n) is 2.71. The van der Waals surface area contributed by atoms with Crippen molar-refractivity contribution in [3.8, 4) is 5.75 Å². The van der Waals surface area contributed by atoms with Gasteiger partial charge in [0.15, 0.2) is 12.0 Å². The maximum atomic E-state index is 6.02. The Kier molecular flexibility index (Phi) is 2.90. The number of nitrogens with two attached hydrogens (primary N) is 2. The number of nitrogen functional groups attached to an aromatic ring is 2. The van der Waals surface area contributed by atoms with E-state index < -0.39 is 0 Å². The molecule has 4 nitrogen and oxygen atoms in total. The Morgan fingerprint density at radius 2 is 2.12 bits per heavy atom. The standard InChI is InChI=1S/C11H17N3OS/c1-6-4-7(12)10-11(9(6)13)16-5-8(15-10)14(2)3/h4,8H,5,12-13H2,1-3H3. The van der Waals surface area contributed by atoms with Crippen LogP contribution in [0.1, 0.15) is 5.56 Å². The minimum Gasteiger partial charge on any atom is -0.471 e. The first-order chi connectivity index (χ1) is 7.50. The third kappa shape index (κ3) is 1.81. The molecule has 1 atom stereocenters. The van der Waals surface area contributed by atoms with Crippen LogP contribution in [0.25, 0.3) is 0 Å². The highest BCUT2D eigenvalue weighted by Gasteiger charge is 2.26. The van der Waals surface area contributed by atoms with Gasteiger partial charge in [0.1, 0.15) is 0 Å². The zero-order valence-corrected chi connectivity index (χ0v) is 10.6. The molecule has 0 bridgehead atoms. The summed E-state index contributed by atoms with van der Waals surface area (Å²) >= 11 is 1.71. The average Bonchev–Trinajstić information content (AvgIpc) is 2.25. The summed E-state index contributed by atoms with van der Waals surface area (Å²) < 4.78 is 5.86. The summed E-state index contributed by atoms with van der Waals surface area (Å²) in [7, 11) is 3.98. The van der Waals surface area contributed by atoms with Gasteiger partial charge >= 0.3 is 0 Å². The smallest absolute Gasteiger partial charge is 0.161 e. The Balaban J connectivity index is 2.43. The number of anilines is 2. The van der Waals surface area contributed by atoms with Crippen LogP contribution in [-0.2, 0) is 0 Å². The van der Waals surface area contributed by atoms with Crippen LogP contribution in [0.4, 0.5) is 11.4 Å². The lowest BCUT2D eigenvalue weighted by atomic mass is 10.1. The Hall–Kier alpha value is -1.07. The lowest BCUT2D eigenvalue weighted by Gasteiger charge is -2.31. The predicted octanol–water partition coefficient (Wildman–Crippen LogP) is 1.53. The van der Waals surface area contributed by atoms with E-state index in [0.717, 1.165) is 27.6 Å². The van der Waals surface area contributed by atoms with Gasteiger partial charge in [-0.15, -0.1) is 11.8 Å². The van der Waals surface area contributed by atoms with Gasteiger partial charge in [-0.3, -0.25) is 4.90 Å². The molecule has 0 spiro atoms. The molecule has 2 rings (SSSR count). The van der Waals surface area contributed by atoms with Crippen molar-refractivity contribution in [2.24, 2.45) is 0 Å². The number of hydrogen-bond acceptors (Lipinski definition) is 5. The number of nitrogens with zero attached hydrogens (tertiary/aromatic N) is 1. The van der Waals surface area contributed by atoms with Crippen LogP contribution in [-0.4, -0.2) is 31.0 Å². The fraction of sp³-hybridized carbons (Fsp3) is 0.455. The Morgan fingerprint density at radius 3 is 2.75 bits per heavy atom. The molecule has 1 aromatic rings. The van der Waals surface area contributed by atoms with E-state index in [0.29, 0.717) is 5.69 Å². The van der Waals surface area contributed by atoms with E-state index in [4.69, 9.17) is 16.2 Å². The van der Waals surface area contributed by atoms with E-state index in [1.807, 2.05) is 32.0 Å². The second-order valence-electron chi connectivity index (χ2n) is 4.20.